The molecule has 3 aromatic rings. The molecule has 6 nitrogen and oxygen atoms in total. The van der Waals surface area contributed by atoms with Gasteiger partial charge in [0, 0.05) is 62.9 Å². The zero-order chi connectivity index (χ0) is 20.1. The molecule has 6 heteroatoms. The van der Waals surface area contributed by atoms with Gasteiger partial charge in [-0.25, -0.2) is 4.98 Å². The minimum atomic E-state index is -0.0534. The lowest BCUT2D eigenvalue weighted by Crippen LogP contribution is -2.44. The highest BCUT2D eigenvalue weighted by atomic mass is 16.1. The predicted octanol–water partition coefficient (Wildman–Crippen LogP) is 2.61. The van der Waals surface area contributed by atoms with Crippen LogP contribution in [0.4, 0.5) is 5.69 Å². The average molecular weight is 390 g/mol. The number of hydrogen-bond acceptors (Lipinski definition) is 4. The molecule has 1 fully saturated rings. The van der Waals surface area contributed by atoms with Crippen LogP contribution in [0, 0.1) is 0 Å². The Labute approximate surface area is 171 Å². The van der Waals surface area contributed by atoms with Gasteiger partial charge in [-0.3, -0.25) is 4.79 Å². The number of anilines is 1. The number of amides is 1. The Morgan fingerprint density at radius 1 is 0.966 bits per heavy atom. The third-order valence-electron chi connectivity index (χ3n) is 5.40. The van der Waals surface area contributed by atoms with Gasteiger partial charge in [0.05, 0.1) is 6.33 Å². The van der Waals surface area contributed by atoms with Crippen LogP contribution in [0.3, 0.4) is 0 Å². The van der Waals surface area contributed by atoms with Crippen LogP contribution in [0.5, 0.6) is 0 Å². The lowest BCUT2D eigenvalue weighted by atomic mass is 10.1. The van der Waals surface area contributed by atoms with E-state index < -0.39 is 0 Å². The number of likely N-dealkylation sites (N-methyl/N-ethyl adjacent to an activating group) is 1. The van der Waals surface area contributed by atoms with E-state index in [0.717, 1.165) is 43.9 Å². The van der Waals surface area contributed by atoms with Gasteiger partial charge in [0.1, 0.15) is 0 Å². The monoisotopic (exact) mass is 389 g/mol. The highest BCUT2D eigenvalue weighted by Crippen LogP contribution is 2.17. The second kappa shape index (κ2) is 8.92. The van der Waals surface area contributed by atoms with Gasteiger partial charge in [-0.05, 0) is 42.4 Å². The summed E-state index contributed by atoms with van der Waals surface area (Å²) in [7, 11) is 2.16. The molecule has 29 heavy (non-hydrogen) atoms. The van der Waals surface area contributed by atoms with Crippen molar-refractivity contribution in [2.45, 2.75) is 13.1 Å². The molecular formula is C23H27N5O. The number of carbonyl (C=O) groups is 1. The van der Waals surface area contributed by atoms with Crippen molar-refractivity contribution in [1.82, 2.24) is 19.8 Å². The standard InChI is InChI=1S/C23H27N5O/c1-26-12-14-28(15-13-26)22-8-4-19(5-9-22)16-25-23(29)21-6-2-20(3-7-21)17-27-11-10-24-18-27/h2-11,18H,12-17H2,1H3,(H,25,29). The Hall–Kier alpha value is -3.12. The predicted molar refractivity (Wildman–Crippen MR) is 115 cm³/mol. The molecule has 1 aliphatic heterocycles. The van der Waals surface area contributed by atoms with Crippen molar-refractivity contribution in [3.63, 3.8) is 0 Å². The van der Waals surface area contributed by atoms with Crippen molar-refractivity contribution < 1.29 is 4.79 Å². The molecule has 0 saturated carbocycles. The zero-order valence-electron chi connectivity index (χ0n) is 16.8. The van der Waals surface area contributed by atoms with Crippen LogP contribution in [0.2, 0.25) is 0 Å². The summed E-state index contributed by atoms with van der Waals surface area (Å²) < 4.78 is 2.00. The normalized spacial score (nSPS) is 14.7. The van der Waals surface area contributed by atoms with Crippen molar-refractivity contribution in [3.8, 4) is 0 Å². The van der Waals surface area contributed by atoms with E-state index in [-0.39, 0.29) is 5.91 Å². The fourth-order valence-electron chi connectivity index (χ4n) is 3.53. The lowest BCUT2D eigenvalue weighted by molar-refractivity contribution is 0.0951. The van der Waals surface area contributed by atoms with E-state index in [4.69, 9.17) is 0 Å². The Bertz CT molecular complexity index is 911. The Kier molecular flexibility index (Phi) is 5.91. The summed E-state index contributed by atoms with van der Waals surface area (Å²) in [5.74, 6) is -0.0534. The maximum atomic E-state index is 12.5. The minimum Gasteiger partial charge on any atom is -0.369 e. The third-order valence-corrected chi connectivity index (χ3v) is 5.40. The topological polar surface area (TPSA) is 53.4 Å². The fourth-order valence-corrected chi connectivity index (χ4v) is 3.53. The van der Waals surface area contributed by atoms with E-state index in [1.165, 1.54) is 5.69 Å². The molecule has 0 unspecified atom stereocenters. The van der Waals surface area contributed by atoms with Crippen LogP contribution in [0.25, 0.3) is 0 Å². The molecule has 0 atom stereocenters. The number of aromatic nitrogens is 2. The fraction of sp³-hybridized carbons (Fsp3) is 0.304. The number of nitrogens with zero attached hydrogens (tertiary/aromatic N) is 4. The summed E-state index contributed by atoms with van der Waals surface area (Å²) in [5.41, 5.74) is 4.17. The molecule has 2 heterocycles. The van der Waals surface area contributed by atoms with Crippen LogP contribution in [0.15, 0.2) is 67.3 Å². The van der Waals surface area contributed by atoms with E-state index in [0.29, 0.717) is 12.1 Å². The highest BCUT2D eigenvalue weighted by Gasteiger charge is 2.14. The third kappa shape index (κ3) is 5.03. The van der Waals surface area contributed by atoms with Crippen molar-refractivity contribution in [2.24, 2.45) is 0 Å². The minimum absolute atomic E-state index is 0.0534. The van der Waals surface area contributed by atoms with E-state index in [2.05, 4.69) is 51.4 Å². The lowest BCUT2D eigenvalue weighted by Gasteiger charge is -2.34. The molecule has 4 rings (SSSR count). The molecule has 1 N–H and O–H groups in total. The van der Waals surface area contributed by atoms with Gasteiger partial charge in [-0.2, -0.15) is 0 Å². The van der Waals surface area contributed by atoms with E-state index in [9.17, 15) is 4.79 Å². The number of hydrogen-bond donors (Lipinski definition) is 1. The maximum Gasteiger partial charge on any atom is 0.251 e. The van der Waals surface area contributed by atoms with Crippen LogP contribution in [-0.4, -0.2) is 53.6 Å². The van der Waals surface area contributed by atoms with Gasteiger partial charge in [0.25, 0.3) is 5.91 Å². The second-order valence-corrected chi connectivity index (χ2v) is 7.57. The molecule has 1 saturated heterocycles. The Morgan fingerprint density at radius 2 is 1.66 bits per heavy atom. The summed E-state index contributed by atoms with van der Waals surface area (Å²) >= 11 is 0. The van der Waals surface area contributed by atoms with Crippen molar-refractivity contribution in [2.75, 3.05) is 38.1 Å². The van der Waals surface area contributed by atoms with E-state index >= 15 is 0 Å². The smallest absolute Gasteiger partial charge is 0.251 e. The summed E-state index contributed by atoms with van der Waals surface area (Å²) in [5, 5.41) is 3.01. The number of imidazole rings is 1. The first kappa shape index (κ1) is 19.2. The molecule has 2 aromatic carbocycles. The number of carbonyl (C=O) groups excluding carboxylic acids is 1. The zero-order valence-corrected chi connectivity index (χ0v) is 16.8. The molecule has 0 bridgehead atoms. The van der Waals surface area contributed by atoms with E-state index in [1.807, 2.05) is 35.0 Å². The molecule has 1 aromatic heterocycles. The van der Waals surface area contributed by atoms with Crippen LogP contribution < -0.4 is 10.2 Å². The number of nitrogens with one attached hydrogen (secondary N) is 1. The number of benzene rings is 2. The van der Waals surface area contributed by atoms with Gasteiger partial charge < -0.3 is 19.7 Å². The molecule has 1 amide bonds. The number of piperazine rings is 1. The first-order chi connectivity index (χ1) is 14.2. The molecule has 0 aliphatic carbocycles. The largest absolute Gasteiger partial charge is 0.369 e. The molecule has 1 aliphatic rings. The summed E-state index contributed by atoms with van der Waals surface area (Å²) in [6.45, 7) is 5.59. The molecule has 150 valence electrons. The van der Waals surface area contributed by atoms with Crippen molar-refractivity contribution in [3.05, 3.63) is 83.9 Å². The quantitative estimate of drug-likeness (QED) is 0.704. The van der Waals surface area contributed by atoms with Gasteiger partial charge in [-0.15, -0.1) is 0 Å². The van der Waals surface area contributed by atoms with E-state index in [1.54, 1.807) is 12.5 Å². The van der Waals surface area contributed by atoms with Gasteiger partial charge in [-0.1, -0.05) is 24.3 Å². The van der Waals surface area contributed by atoms with Crippen molar-refractivity contribution >= 4 is 11.6 Å². The first-order valence-corrected chi connectivity index (χ1v) is 10.0. The van der Waals surface area contributed by atoms with Crippen molar-refractivity contribution in [1.29, 1.82) is 0 Å². The van der Waals surface area contributed by atoms with Gasteiger partial charge in [0.2, 0.25) is 0 Å². The van der Waals surface area contributed by atoms with Gasteiger partial charge >= 0.3 is 0 Å². The average Bonchev–Trinajstić information content (AvgIpc) is 3.27. The molecular weight excluding hydrogens is 362 g/mol. The molecule has 0 spiro atoms. The Balaban J connectivity index is 1.29. The summed E-state index contributed by atoms with van der Waals surface area (Å²) in [6.07, 6.45) is 5.48. The molecule has 0 radical (unpaired) electrons. The van der Waals surface area contributed by atoms with Crippen LogP contribution in [-0.2, 0) is 13.1 Å². The highest BCUT2D eigenvalue weighted by molar-refractivity contribution is 5.94. The summed E-state index contributed by atoms with van der Waals surface area (Å²) in [6, 6.07) is 16.2. The van der Waals surface area contributed by atoms with Crippen LogP contribution >= 0.6 is 0 Å². The maximum absolute atomic E-state index is 12.5. The second-order valence-electron chi connectivity index (χ2n) is 7.57. The Morgan fingerprint density at radius 3 is 2.31 bits per heavy atom. The van der Waals surface area contributed by atoms with Gasteiger partial charge in [0.15, 0.2) is 0 Å². The summed E-state index contributed by atoms with van der Waals surface area (Å²) in [4.78, 5) is 21.3. The van der Waals surface area contributed by atoms with Crippen LogP contribution in [0.1, 0.15) is 21.5 Å². The SMILES string of the molecule is CN1CCN(c2ccc(CNC(=O)c3ccc(Cn4ccnc4)cc3)cc2)CC1. The first-order valence-electron chi connectivity index (χ1n) is 10.0. The number of rotatable bonds is 6.